The second-order valence-corrected chi connectivity index (χ2v) is 10.2. The number of aryl methyl sites for hydroxylation is 1. The fraction of sp³-hybridized carbons (Fsp3) is 0.393. The lowest BCUT2D eigenvalue weighted by atomic mass is 9.94. The Balaban J connectivity index is 1.26. The normalized spacial score (nSPS) is 17.2. The van der Waals surface area contributed by atoms with E-state index in [-0.39, 0.29) is 29.3 Å². The maximum absolute atomic E-state index is 13.7. The van der Waals surface area contributed by atoms with Crippen molar-refractivity contribution in [1.82, 2.24) is 24.6 Å². The molecule has 2 saturated heterocycles. The number of aromatic amines is 1. The average molecular weight is 515 g/mol. The number of H-pyrrole nitrogens is 1. The van der Waals surface area contributed by atoms with Gasteiger partial charge in [-0.25, -0.2) is 0 Å². The van der Waals surface area contributed by atoms with E-state index in [2.05, 4.69) is 20.4 Å². The molecule has 10 nitrogen and oxygen atoms in total. The van der Waals surface area contributed by atoms with Crippen molar-refractivity contribution in [2.24, 2.45) is 5.92 Å². The van der Waals surface area contributed by atoms with Crippen LogP contribution >= 0.6 is 0 Å². The molecule has 10 heteroatoms. The number of pyridine rings is 2. The van der Waals surface area contributed by atoms with Crippen LogP contribution in [0.3, 0.4) is 0 Å². The molecule has 2 aliphatic rings. The van der Waals surface area contributed by atoms with Gasteiger partial charge in [0.25, 0.3) is 11.5 Å². The predicted molar refractivity (Wildman–Crippen MR) is 143 cm³/mol. The number of nitrogens with one attached hydrogen (secondary N) is 2. The van der Waals surface area contributed by atoms with Gasteiger partial charge in [0.1, 0.15) is 0 Å². The molecule has 0 spiro atoms. The first-order valence-corrected chi connectivity index (χ1v) is 13.1. The largest absolute Gasteiger partial charge is 0.381 e. The van der Waals surface area contributed by atoms with Gasteiger partial charge in [-0.1, -0.05) is 0 Å². The van der Waals surface area contributed by atoms with E-state index in [0.717, 1.165) is 29.3 Å². The second-order valence-electron chi connectivity index (χ2n) is 10.2. The number of amides is 2. The van der Waals surface area contributed by atoms with Gasteiger partial charge in [0.15, 0.2) is 0 Å². The van der Waals surface area contributed by atoms with E-state index in [1.54, 1.807) is 24.7 Å². The number of rotatable bonds is 4. The van der Waals surface area contributed by atoms with Crippen LogP contribution in [0.5, 0.6) is 0 Å². The van der Waals surface area contributed by atoms with Crippen LogP contribution < -0.4 is 10.9 Å². The summed E-state index contributed by atoms with van der Waals surface area (Å²) in [6.45, 7) is 4.21. The third kappa shape index (κ3) is 4.45. The van der Waals surface area contributed by atoms with Crippen LogP contribution in [-0.4, -0.2) is 62.8 Å². The lowest BCUT2D eigenvalue weighted by Gasteiger charge is -2.32. The number of ether oxygens (including phenoxy) is 1. The molecule has 0 saturated carbocycles. The standard InChI is InChI=1S/C28H30N6O4/c1-17-13-24-22(25-23(27(36)32-24)16-30-34(25)20-6-11-38-12-7-20)14-21(17)28(37)33-9-4-18(5-10-33)26(35)31-19-3-2-8-29-15-19/h2-3,8,13-16,18,20H,4-7,9-12H2,1H3,(H,31,35)(H,32,36). The summed E-state index contributed by atoms with van der Waals surface area (Å²) >= 11 is 0. The Labute approximate surface area is 219 Å². The molecule has 0 bridgehead atoms. The van der Waals surface area contributed by atoms with Gasteiger partial charge in [-0.05, 0) is 62.4 Å². The van der Waals surface area contributed by atoms with E-state index in [1.807, 2.05) is 34.7 Å². The van der Waals surface area contributed by atoms with Crippen LogP contribution in [-0.2, 0) is 9.53 Å². The minimum Gasteiger partial charge on any atom is -0.381 e. The topological polar surface area (TPSA) is 122 Å². The number of carbonyl (C=O) groups is 2. The molecule has 2 fully saturated rings. The van der Waals surface area contributed by atoms with Crippen molar-refractivity contribution in [3.05, 3.63) is 64.3 Å². The molecule has 6 rings (SSSR count). The number of aromatic nitrogens is 4. The minimum atomic E-state index is -0.184. The van der Waals surface area contributed by atoms with E-state index in [1.165, 1.54) is 0 Å². The fourth-order valence-electron chi connectivity index (χ4n) is 5.63. The van der Waals surface area contributed by atoms with Crippen LogP contribution in [0.2, 0.25) is 0 Å². The number of nitrogens with zero attached hydrogens (tertiary/aromatic N) is 4. The fourth-order valence-corrected chi connectivity index (χ4v) is 5.63. The minimum absolute atomic E-state index is 0.0419. The van der Waals surface area contributed by atoms with Crippen LogP contribution in [0.15, 0.2) is 47.7 Å². The molecule has 2 aliphatic heterocycles. The lowest BCUT2D eigenvalue weighted by molar-refractivity contribution is -0.121. The highest BCUT2D eigenvalue weighted by atomic mass is 16.5. The Kier molecular flexibility index (Phi) is 6.40. The summed E-state index contributed by atoms with van der Waals surface area (Å²) in [4.78, 5) is 48.0. The molecule has 2 amide bonds. The van der Waals surface area contributed by atoms with Gasteiger partial charge < -0.3 is 19.9 Å². The van der Waals surface area contributed by atoms with Gasteiger partial charge in [-0.2, -0.15) is 5.10 Å². The number of piperidine rings is 1. The molecule has 196 valence electrons. The summed E-state index contributed by atoms with van der Waals surface area (Å²) in [7, 11) is 0. The Hall–Kier alpha value is -4.05. The number of hydrogen-bond donors (Lipinski definition) is 2. The van der Waals surface area contributed by atoms with E-state index >= 15 is 0 Å². The number of hydrogen-bond acceptors (Lipinski definition) is 6. The van der Waals surface area contributed by atoms with Crippen molar-refractivity contribution in [1.29, 1.82) is 0 Å². The average Bonchev–Trinajstić information content (AvgIpc) is 3.40. The van der Waals surface area contributed by atoms with Crippen molar-refractivity contribution in [3.63, 3.8) is 0 Å². The first-order valence-electron chi connectivity index (χ1n) is 13.1. The first kappa shape index (κ1) is 24.3. The zero-order valence-corrected chi connectivity index (χ0v) is 21.3. The molecule has 2 N–H and O–H groups in total. The zero-order valence-electron chi connectivity index (χ0n) is 21.3. The molecule has 0 atom stereocenters. The molecule has 38 heavy (non-hydrogen) atoms. The van der Waals surface area contributed by atoms with Crippen molar-refractivity contribution in [3.8, 4) is 0 Å². The quantitative estimate of drug-likeness (QED) is 0.430. The van der Waals surface area contributed by atoms with Crippen molar-refractivity contribution < 1.29 is 14.3 Å². The number of fused-ring (bicyclic) bond motifs is 3. The summed E-state index contributed by atoms with van der Waals surface area (Å²) in [6, 6.07) is 7.50. The van der Waals surface area contributed by atoms with Gasteiger partial charge in [0.2, 0.25) is 5.91 Å². The van der Waals surface area contributed by atoms with E-state index in [4.69, 9.17) is 4.74 Å². The Morgan fingerprint density at radius 3 is 2.61 bits per heavy atom. The first-order chi connectivity index (χ1) is 18.5. The summed E-state index contributed by atoms with van der Waals surface area (Å²) < 4.78 is 7.46. The number of benzene rings is 1. The van der Waals surface area contributed by atoms with Crippen molar-refractivity contribution in [2.45, 2.75) is 38.6 Å². The van der Waals surface area contributed by atoms with E-state index < -0.39 is 0 Å². The maximum Gasteiger partial charge on any atom is 0.259 e. The third-order valence-corrected chi connectivity index (χ3v) is 7.76. The SMILES string of the molecule is Cc1cc2[nH]c(=O)c3cnn(C4CCOCC4)c3c2cc1C(=O)N1CCC(C(=O)Nc2cccnc2)CC1. The molecule has 0 radical (unpaired) electrons. The van der Waals surface area contributed by atoms with Crippen LogP contribution in [0.25, 0.3) is 21.8 Å². The monoisotopic (exact) mass is 514 g/mol. The molecule has 3 aromatic heterocycles. The lowest BCUT2D eigenvalue weighted by Crippen LogP contribution is -2.41. The number of anilines is 1. The van der Waals surface area contributed by atoms with E-state index in [0.29, 0.717) is 61.3 Å². The maximum atomic E-state index is 13.7. The molecular weight excluding hydrogens is 484 g/mol. The van der Waals surface area contributed by atoms with Crippen molar-refractivity contribution >= 4 is 39.3 Å². The molecule has 4 aromatic rings. The van der Waals surface area contributed by atoms with Crippen LogP contribution in [0.1, 0.15) is 47.6 Å². The van der Waals surface area contributed by atoms with E-state index in [9.17, 15) is 14.4 Å². The smallest absolute Gasteiger partial charge is 0.259 e. The van der Waals surface area contributed by atoms with Gasteiger partial charge >= 0.3 is 0 Å². The highest BCUT2D eigenvalue weighted by Crippen LogP contribution is 2.31. The van der Waals surface area contributed by atoms with Crippen LogP contribution in [0.4, 0.5) is 5.69 Å². The molecule has 5 heterocycles. The molecule has 1 aromatic carbocycles. The Morgan fingerprint density at radius 1 is 1.08 bits per heavy atom. The highest BCUT2D eigenvalue weighted by Gasteiger charge is 2.29. The summed E-state index contributed by atoms with van der Waals surface area (Å²) in [5, 5.41) is 8.82. The summed E-state index contributed by atoms with van der Waals surface area (Å²) in [5.41, 5.74) is 3.34. The Bertz CT molecular complexity index is 1560. The highest BCUT2D eigenvalue weighted by molar-refractivity contribution is 6.07. The Morgan fingerprint density at radius 2 is 1.87 bits per heavy atom. The third-order valence-electron chi connectivity index (χ3n) is 7.76. The van der Waals surface area contributed by atoms with Crippen LogP contribution in [0, 0.1) is 12.8 Å². The molecular formula is C28H30N6O4. The summed E-state index contributed by atoms with van der Waals surface area (Å²) in [6.07, 6.45) is 7.74. The predicted octanol–water partition coefficient (Wildman–Crippen LogP) is 3.42. The van der Waals surface area contributed by atoms with Crippen molar-refractivity contribution in [2.75, 3.05) is 31.6 Å². The summed E-state index contributed by atoms with van der Waals surface area (Å²) in [5.74, 6) is -0.262. The molecule has 0 unspecified atom stereocenters. The van der Waals surface area contributed by atoms with Gasteiger partial charge in [0, 0.05) is 49.4 Å². The zero-order chi connectivity index (χ0) is 26.2. The second kappa shape index (κ2) is 10.0. The van der Waals surface area contributed by atoms with Gasteiger partial charge in [-0.3, -0.25) is 24.0 Å². The number of likely N-dealkylation sites (tertiary alicyclic amines) is 1. The number of carbonyl (C=O) groups excluding carboxylic acids is 2. The molecule has 0 aliphatic carbocycles. The van der Waals surface area contributed by atoms with Gasteiger partial charge in [0.05, 0.1) is 40.5 Å². The van der Waals surface area contributed by atoms with Gasteiger partial charge in [-0.15, -0.1) is 0 Å².